The van der Waals surface area contributed by atoms with Gasteiger partial charge in [0.15, 0.2) is 5.84 Å². The van der Waals surface area contributed by atoms with Gasteiger partial charge in [-0.3, -0.25) is 4.79 Å². The van der Waals surface area contributed by atoms with Gasteiger partial charge in [0.2, 0.25) is 0 Å². The quantitative estimate of drug-likeness (QED) is 0.342. The molecule has 1 amide bonds. The lowest BCUT2D eigenvalue weighted by atomic mass is 10.1. The maximum Gasteiger partial charge on any atom is 0.265 e. The summed E-state index contributed by atoms with van der Waals surface area (Å²) in [5.74, 6) is -0.264. The van der Waals surface area contributed by atoms with Crippen molar-refractivity contribution in [1.29, 1.82) is 0 Å². The van der Waals surface area contributed by atoms with Crippen LogP contribution in [0.25, 0.3) is 0 Å². The maximum absolute atomic E-state index is 11.9. The van der Waals surface area contributed by atoms with Crippen LogP contribution in [0.2, 0.25) is 0 Å². The molecule has 0 aliphatic carbocycles. The van der Waals surface area contributed by atoms with Gasteiger partial charge in [-0.1, -0.05) is 23.4 Å². The van der Waals surface area contributed by atoms with Gasteiger partial charge in [-0.15, -0.1) is 11.3 Å². The van der Waals surface area contributed by atoms with Crippen molar-refractivity contribution in [2.24, 2.45) is 10.9 Å². The van der Waals surface area contributed by atoms with Gasteiger partial charge in [0.05, 0.1) is 10.6 Å². The Bertz CT molecular complexity index is 579. The second-order valence-corrected chi connectivity index (χ2v) is 4.41. The van der Waals surface area contributed by atoms with Gasteiger partial charge >= 0.3 is 0 Å². The second-order valence-electron chi connectivity index (χ2n) is 3.46. The first-order valence-corrected chi connectivity index (χ1v) is 6.02. The molecular weight excluding hydrogens is 250 g/mol. The smallest absolute Gasteiger partial charge is 0.265 e. The summed E-state index contributed by atoms with van der Waals surface area (Å²) in [6, 6.07) is 10.4. The van der Waals surface area contributed by atoms with E-state index < -0.39 is 0 Å². The summed E-state index contributed by atoms with van der Waals surface area (Å²) in [7, 11) is 0. The third-order valence-corrected chi connectivity index (χ3v) is 3.17. The number of carbonyl (C=O) groups excluding carboxylic acids is 1. The molecule has 0 fully saturated rings. The number of anilines is 1. The van der Waals surface area contributed by atoms with E-state index in [4.69, 9.17) is 10.9 Å². The number of rotatable bonds is 3. The lowest BCUT2D eigenvalue weighted by molar-refractivity contribution is 0.103. The Kier molecular flexibility index (Phi) is 3.59. The minimum Gasteiger partial charge on any atom is -0.409 e. The highest BCUT2D eigenvalue weighted by atomic mass is 32.1. The van der Waals surface area contributed by atoms with E-state index in [-0.39, 0.29) is 11.7 Å². The molecule has 0 radical (unpaired) electrons. The predicted molar refractivity (Wildman–Crippen MR) is 71.2 cm³/mol. The van der Waals surface area contributed by atoms with E-state index in [0.717, 1.165) is 0 Å². The molecule has 2 aromatic rings. The van der Waals surface area contributed by atoms with Crippen molar-refractivity contribution in [3.8, 4) is 0 Å². The fraction of sp³-hybridized carbons (Fsp3) is 0. The SMILES string of the molecule is N/C(=N/O)c1ccccc1NC(=O)c1cccs1. The number of oxime groups is 1. The zero-order valence-electron chi connectivity index (χ0n) is 9.33. The molecule has 1 aromatic carbocycles. The fourth-order valence-electron chi connectivity index (χ4n) is 1.46. The van der Waals surface area contributed by atoms with E-state index in [9.17, 15) is 4.79 Å². The zero-order valence-corrected chi connectivity index (χ0v) is 10.1. The van der Waals surface area contributed by atoms with Crippen molar-refractivity contribution >= 4 is 28.8 Å². The molecule has 1 aromatic heterocycles. The highest BCUT2D eigenvalue weighted by Crippen LogP contribution is 2.17. The number of benzene rings is 1. The Balaban J connectivity index is 2.27. The second kappa shape index (κ2) is 5.33. The van der Waals surface area contributed by atoms with Crippen LogP contribution in [0.15, 0.2) is 46.9 Å². The first-order chi connectivity index (χ1) is 8.72. The first kappa shape index (κ1) is 12.1. The van der Waals surface area contributed by atoms with Crippen LogP contribution in [-0.2, 0) is 0 Å². The average Bonchev–Trinajstić information content (AvgIpc) is 2.92. The van der Waals surface area contributed by atoms with Crippen molar-refractivity contribution in [2.45, 2.75) is 0 Å². The lowest BCUT2D eigenvalue weighted by Gasteiger charge is -2.08. The van der Waals surface area contributed by atoms with Gasteiger partial charge in [-0.25, -0.2) is 0 Å². The Morgan fingerprint density at radius 1 is 1.28 bits per heavy atom. The average molecular weight is 261 g/mol. The number of carbonyl (C=O) groups is 1. The minimum atomic E-state index is -0.219. The molecule has 0 saturated carbocycles. The lowest BCUT2D eigenvalue weighted by Crippen LogP contribution is -2.18. The minimum absolute atomic E-state index is 0.0444. The predicted octanol–water partition coefficient (Wildman–Crippen LogP) is 2.09. The van der Waals surface area contributed by atoms with Gasteiger partial charge in [-0.2, -0.15) is 0 Å². The van der Waals surface area contributed by atoms with E-state index >= 15 is 0 Å². The summed E-state index contributed by atoms with van der Waals surface area (Å²) in [4.78, 5) is 12.5. The van der Waals surface area contributed by atoms with Crippen molar-refractivity contribution < 1.29 is 10.0 Å². The third kappa shape index (κ3) is 2.49. The number of nitrogens with one attached hydrogen (secondary N) is 1. The Hall–Kier alpha value is -2.34. The van der Waals surface area contributed by atoms with Crippen LogP contribution in [0.1, 0.15) is 15.2 Å². The molecule has 4 N–H and O–H groups in total. The van der Waals surface area contributed by atoms with E-state index in [1.807, 2.05) is 5.38 Å². The molecule has 0 saturated heterocycles. The molecular formula is C12H11N3O2S. The Morgan fingerprint density at radius 2 is 2.06 bits per heavy atom. The fourth-order valence-corrected chi connectivity index (χ4v) is 2.08. The van der Waals surface area contributed by atoms with E-state index in [0.29, 0.717) is 16.1 Å². The number of para-hydroxylation sites is 1. The number of thiophene rings is 1. The monoisotopic (exact) mass is 261 g/mol. The largest absolute Gasteiger partial charge is 0.409 e. The van der Waals surface area contributed by atoms with Crippen molar-refractivity contribution in [2.75, 3.05) is 5.32 Å². The molecule has 5 nitrogen and oxygen atoms in total. The number of amidine groups is 1. The van der Waals surface area contributed by atoms with E-state index in [2.05, 4.69) is 10.5 Å². The van der Waals surface area contributed by atoms with Crippen LogP contribution in [0.5, 0.6) is 0 Å². The molecule has 0 unspecified atom stereocenters. The van der Waals surface area contributed by atoms with Crippen molar-refractivity contribution in [3.05, 3.63) is 52.2 Å². The van der Waals surface area contributed by atoms with Gasteiger partial charge in [0.1, 0.15) is 0 Å². The Labute approximate surface area is 108 Å². The Morgan fingerprint density at radius 3 is 2.72 bits per heavy atom. The van der Waals surface area contributed by atoms with E-state index in [1.165, 1.54) is 11.3 Å². The van der Waals surface area contributed by atoms with Gasteiger partial charge in [-0.05, 0) is 23.6 Å². The van der Waals surface area contributed by atoms with Gasteiger partial charge in [0, 0.05) is 5.56 Å². The molecule has 18 heavy (non-hydrogen) atoms. The summed E-state index contributed by atoms with van der Waals surface area (Å²) in [5, 5.41) is 16.2. The summed E-state index contributed by atoms with van der Waals surface area (Å²) >= 11 is 1.35. The number of hydrogen-bond donors (Lipinski definition) is 3. The molecule has 0 atom stereocenters. The van der Waals surface area contributed by atoms with Crippen LogP contribution in [-0.4, -0.2) is 17.0 Å². The normalized spacial score (nSPS) is 11.2. The van der Waals surface area contributed by atoms with Gasteiger partial charge < -0.3 is 16.3 Å². The highest BCUT2D eigenvalue weighted by Gasteiger charge is 2.11. The highest BCUT2D eigenvalue weighted by molar-refractivity contribution is 7.12. The van der Waals surface area contributed by atoms with Crippen LogP contribution >= 0.6 is 11.3 Å². The first-order valence-electron chi connectivity index (χ1n) is 5.14. The topological polar surface area (TPSA) is 87.7 Å². The molecule has 0 aliphatic heterocycles. The molecule has 2 rings (SSSR count). The molecule has 1 heterocycles. The summed E-state index contributed by atoms with van der Waals surface area (Å²) in [6.07, 6.45) is 0. The van der Waals surface area contributed by atoms with Gasteiger partial charge in [0.25, 0.3) is 5.91 Å². The number of hydrogen-bond acceptors (Lipinski definition) is 4. The van der Waals surface area contributed by atoms with Crippen LogP contribution in [0.4, 0.5) is 5.69 Å². The molecule has 0 spiro atoms. The van der Waals surface area contributed by atoms with Crippen LogP contribution < -0.4 is 11.1 Å². The van der Waals surface area contributed by atoms with E-state index in [1.54, 1.807) is 36.4 Å². The number of nitrogens with zero attached hydrogens (tertiary/aromatic N) is 1. The third-order valence-electron chi connectivity index (χ3n) is 2.30. The zero-order chi connectivity index (χ0) is 13.0. The standard InChI is InChI=1S/C12H11N3O2S/c13-11(15-17)8-4-1-2-5-9(8)14-12(16)10-6-3-7-18-10/h1-7,17H,(H2,13,15)(H,14,16). The van der Waals surface area contributed by atoms with Crippen molar-refractivity contribution in [3.63, 3.8) is 0 Å². The van der Waals surface area contributed by atoms with Crippen LogP contribution in [0.3, 0.4) is 0 Å². The molecule has 0 aliphatic rings. The molecule has 0 bridgehead atoms. The maximum atomic E-state index is 11.9. The van der Waals surface area contributed by atoms with Crippen molar-refractivity contribution in [1.82, 2.24) is 0 Å². The summed E-state index contributed by atoms with van der Waals surface area (Å²) in [5.41, 5.74) is 6.52. The number of nitrogens with two attached hydrogens (primary N) is 1. The van der Waals surface area contributed by atoms with Crippen LogP contribution in [0, 0.1) is 0 Å². The molecule has 92 valence electrons. The number of amides is 1. The summed E-state index contributed by atoms with van der Waals surface area (Å²) in [6.45, 7) is 0. The molecule has 6 heteroatoms. The summed E-state index contributed by atoms with van der Waals surface area (Å²) < 4.78 is 0.